The summed E-state index contributed by atoms with van der Waals surface area (Å²) in [5.41, 5.74) is 8.05. The van der Waals surface area contributed by atoms with Gasteiger partial charge in [0.15, 0.2) is 0 Å². The Bertz CT molecular complexity index is 2100. The Labute approximate surface area is 219 Å². The number of fused-ring (bicyclic) bond motifs is 6. The topological polar surface area (TPSA) is 22.8 Å². The van der Waals surface area contributed by atoms with Crippen molar-refractivity contribution in [3.8, 4) is 22.6 Å². The van der Waals surface area contributed by atoms with E-state index in [1.807, 2.05) is 18.3 Å². The van der Waals surface area contributed by atoms with Gasteiger partial charge in [-0.3, -0.25) is 4.98 Å². The molecule has 3 aromatic heterocycles. The minimum Gasteiger partial charge on any atom is -0.317 e. The van der Waals surface area contributed by atoms with E-state index < -0.39 is 0 Å². The molecule has 0 amide bonds. The minimum atomic E-state index is 0.982. The van der Waals surface area contributed by atoms with E-state index in [0.717, 1.165) is 16.9 Å². The van der Waals surface area contributed by atoms with Crippen LogP contribution in [0.3, 0.4) is 0 Å². The van der Waals surface area contributed by atoms with E-state index in [0.29, 0.717) is 0 Å². The monoisotopic (exact) mass is 485 g/mol. The highest BCUT2D eigenvalue weighted by Gasteiger charge is 2.16. The first-order chi connectivity index (χ1) is 18.8. The Hall–Kier alpha value is -5.15. The molecule has 38 heavy (non-hydrogen) atoms. The van der Waals surface area contributed by atoms with E-state index >= 15 is 0 Å². The lowest BCUT2D eigenvalue weighted by molar-refractivity contribution is 1.13. The molecule has 0 radical (unpaired) electrons. The quantitative estimate of drug-likeness (QED) is 0.245. The fourth-order valence-electron chi connectivity index (χ4n) is 5.81. The summed E-state index contributed by atoms with van der Waals surface area (Å²) in [6.45, 7) is 0. The third-order valence-corrected chi connectivity index (χ3v) is 7.58. The van der Waals surface area contributed by atoms with Crippen LogP contribution in [0.25, 0.3) is 66.1 Å². The fourth-order valence-corrected chi connectivity index (χ4v) is 5.81. The van der Waals surface area contributed by atoms with Gasteiger partial charge in [-0.15, -0.1) is 0 Å². The molecular weight excluding hydrogens is 462 g/mol. The molecule has 0 N–H and O–H groups in total. The van der Waals surface area contributed by atoms with Gasteiger partial charge in [-0.05, 0) is 66.0 Å². The van der Waals surface area contributed by atoms with Gasteiger partial charge in [0.05, 0.1) is 22.2 Å². The third-order valence-electron chi connectivity index (χ3n) is 7.58. The first-order valence-corrected chi connectivity index (χ1v) is 12.9. The Kier molecular flexibility index (Phi) is 4.52. The van der Waals surface area contributed by atoms with Gasteiger partial charge in [-0.25, -0.2) is 0 Å². The van der Waals surface area contributed by atoms with Gasteiger partial charge in [0.2, 0.25) is 0 Å². The van der Waals surface area contributed by atoms with Crippen molar-refractivity contribution in [1.82, 2.24) is 14.1 Å². The molecule has 0 spiro atoms. The highest BCUT2D eigenvalue weighted by atomic mass is 15.0. The van der Waals surface area contributed by atoms with Crippen LogP contribution in [-0.4, -0.2) is 14.1 Å². The molecule has 8 rings (SSSR count). The predicted octanol–water partition coefficient (Wildman–Crippen LogP) is 8.94. The fraction of sp³-hybridized carbons (Fsp3) is 0. The highest BCUT2D eigenvalue weighted by molar-refractivity contribution is 6.20. The molecule has 0 bridgehead atoms. The zero-order chi connectivity index (χ0) is 25.1. The maximum Gasteiger partial charge on any atom is 0.0701 e. The normalized spacial score (nSPS) is 11.7. The molecule has 0 aliphatic carbocycles. The van der Waals surface area contributed by atoms with E-state index in [9.17, 15) is 0 Å². The van der Waals surface area contributed by atoms with Crippen molar-refractivity contribution in [2.45, 2.75) is 0 Å². The molecule has 0 aliphatic rings. The minimum absolute atomic E-state index is 0.982. The molecule has 5 aromatic carbocycles. The zero-order valence-corrected chi connectivity index (χ0v) is 20.6. The Morgan fingerprint density at radius 2 is 1.32 bits per heavy atom. The second-order valence-corrected chi connectivity index (χ2v) is 9.73. The summed E-state index contributed by atoms with van der Waals surface area (Å²) in [6, 6.07) is 45.5. The maximum atomic E-state index is 4.53. The molecule has 8 aromatic rings. The summed E-state index contributed by atoms with van der Waals surface area (Å²) < 4.78 is 4.69. The average molecular weight is 486 g/mol. The lowest BCUT2D eigenvalue weighted by atomic mass is 10.0. The molecule has 0 atom stereocenters. The largest absolute Gasteiger partial charge is 0.317 e. The van der Waals surface area contributed by atoms with Gasteiger partial charge in [-0.2, -0.15) is 0 Å². The van der Waals surface area contributed by atoms with Crippen molar-refractivity contribution in [3.05, 3.63) is 140 Å². The van der Waals surface area contributed by atoms with Crippen LogP contribution in [0.5, 0.6) is 0 Å². The first kappa shape index (κ1) is 21.0. The molecule has 0 saturated heterocycles. The number of rotatable bonds is 3. The van der Waals surface area contributed by atoms with E-state index in [4.69, 9.17) is 0 Å². The standard InChI is InChI=1S/C35H23N3/c1-2-8-27(9-3-1)37-21-19-26-22-25-15-18-30-29-10-4-5-12-33(29)38(35(30)31(25)23-34(26)37)28-16-13-24(14-17-28)32-11-6-7-20-36-32/h1-23H. The van der Waals surface area contributed by atoms with Gasteiger partial charge in [0.1, 0.15) is 0 Å². The van der Waals surface area contributed by atoms with Crippen LogP contribution in [0.4, 0.5) is 0 Å². The summed E-state index contributed by atoms with van der Waals surface area (Å²) in [6.07, 6.45) is 4.01. The number of hydrogen-bond donors (Lipinski definition) is 0. The number of hydrogen-bond acceptors (Lipinski definition) is 1. The van der Waals surface area contributed by atoms with Crippen LogP contribution in [0.2, 0.25) is 0 Å². The van der Waals surface area contributed by atoms with Gasteiger partial charge >= 0.3 is 0 Å². The number of benzene rings is 5. The van der Waals surface area contributed by atoms with E-state index in [-0.39, 0.29) is 0 Å². The summed E-state index contributed by atoms with van der Waals surface area (Å²) >= 11 is 0. The average Bonchev–Trinajstić information content (AvgIpc) is 3.56. The number of para-hydroxylation sites is 2. The lowest BCUT2D eigenvalue weighted by Gasteiger charge is -2.12. The maximum absolute atomic E-state index is 4.53. The van der Waals surface area contributed by atoms with E-state index in [1.54, 1.807) is 0 Å². The molecule has 3 heterocycles. The third kappa shape index (κ3) is 3.12. The van der Waals surface area contributed by atoms with Gasteiger partial charge in [0, 0.05) is 50.9 Å². The van der Waals surface area contributed by atoms with Gasteiger partial charge < -0.3 is 9.13 Å². The second-order valence-electron chi connectivity index (χ2n) is 9.73. The second kappa shape index (κ2) is 8.19. The number of pyridine rings is 1. The van der Waals surface area contributed by atoms with Crippen molar-refractivity contribution in [2.75, 3.05) is 0 Å². The molecule has 0 fully saturated rings. The molecule has 178 valence electrons. The molecule has 3 nitrogen and oxygen atoms in total. The summed E-state index contributed by atoms with van der Waals surface area (Å²) in [5, 5.41) is 6.25. The van der Waals surface area contributed by atoms with Crippen molar-refractivity contribution in [3.63, 3.8) is 0 Å². The summed E-state index contributed by atoms with van der Waals surface area (Å²) in [7, 11) is 0. The highest BCUT2D eigenvalue weighted by Crippen LogP contribution is 2.38. The molecular formula is C35H23N3. The van der Waals surface area contributed by atoms with Crippen LogP contribution < -0.4 is 0 Å². The summed E-state index contributed by atoms with van der Waals surface area (Å²) in [5.74, 6) is 0. The number of nitrogens with zero attached hydrogens (tertiary/aromatic N) is 3. The number of aromatic nitrogens is 3. The van der Waals surface area contributed by atoms with Crippen LogP contribution in [0.1, 0.15) is 0 Å². The van der Waals surface area contributed by atoms with E-state index in [1.165, 1.54) is 49.2 Å². The van der Waals surface area contributed by atoms with Crippen LogP contribution in [-0.2, 0) is 0 Å². The molecule has 3 heteroatoms. The Balaban J connectivity index is 1.43. The molecule has 0 aliphatic heterocycles. The van der Waals surface area contributed by atoms with Crippen molar-refractivity contribution >= 4 is 43.5 Å². The van der Waals surface area contributed by atoms with Crippen LogP contribution >= 0.6 is 0 Å². The zero-order valence-electron chi connectivity index (χ0n) is 20.6. The van der Waals surface area contributed by atoms with Crippen LogP contribution in [0.15, 0.2) is 140 Å². The molecule has 0 unspecified atom stereocenters. The van der Waals surface area contributed by atoms with Gasteiger partial charge in [0.25, 0.3) is 0 Å². The van der Waals surface area contributed by atoms with Crippen molar-refractivity contribution in [2.24, 2.45) is 0 Å². The Morgan fingerprint density at radius 3 is 2.16 bits per heavy atom. The van der Waals surface area contributed by atoms with Crippen molar-refractivity contribution in [1.29, 1.82) is 0 Å². The lowest BCUT2D eigenvalue weighted by Crippen LogP contribution is -1.95. The molecule has 0 saturated carbocycles. The smallest absolute Gasteiger partial charge is 0.0701 e. The van der Waals surface area contributed by atoms with E-state index in [2.05, 4.69) is 136 Å². The SMILES string of the molecule is c1ccc(-n2ccc3cc4ccc5c6ccccc6n(-c6ccc(-c7ccccn7)cc6)c5c4cc32)cc1. The van der Waals surface area contributed by atoms with Crippen LogP contribution in [0, 0.1) is 0 Å². The first-order valence-electron chi connectivity index (χ1n) is 12.9. The van der Waals surface area contributed by atoms with Crippen molar-refractivity contribution < 1.29 is 0 Å². The van der Waals surface area contributed by atoms with Gasteiger partial charge in [-0.1, -0.05) is 66.7 Å². The Morgan fingerprint density at radius 1 is 0.500 bits per heavy atom. The predicted molar refractivity (Wildman–Crippen MR) is 158 cm³/mol. The summed E-state index contributed by atoms with van der Waals surface area (Å²) in [4.78, 5) is 4.53.